The number of imide groups is 1. The lowest BCUT2D eigenvalue weighted by Gasteiger charge is -2.26. The van der Waals surface area contributed by atoms with Crippen molar-refractivity contribution in [2.75, 3.05) is 25.2 Å². The molecule has 0 bridgehead atoms. The normalized spacial score (nSPS) is 12.7. The smallest absolute Gasteiger partial charge is 0.418 e. The molecule has 1 heterocycles. The number of nitrogens with one attached hydrogen (secondary N) is 1. The number of urea groups is 1. The second-order valence-corrected chi connectivity index (χ2v) is 5.92. The minimum atomic E-state index is -0.749. The number of amides is 3. The zero-order valence-corrected chi connectivity index (χ0v) is 13.4. The van der Waals surface area contributed by atoms with Crippen molar-refractivity contribution in [1.82, 2.24) is 4.90 Å². The molecule has 8 nitrogen and oxygen atoms in total. The Bertz CT molecular complexity index is 597. The summed E-state index contributed by atoms with van der Waals surface area (Å²) in [5, 5.41) is 2.62. The Morgan fingerprint density at radius 3 is 2.65 bits per heavy atom. The van der Waals surface area contributed by atoms with E-state index < -0.39 is 17.7 Å². The van der Waals surface area contributed by atoms with Crippen molar-refractivity contribution >= 4 is 17.8 Å². The predicted molar refractivity (Wildman–Crippen MR) is 83.6 cm³/mol. The minimum Gasteiger partial charge on any atom is -0.454 e. The van der Waals surface area contributed by atoms with E-state index in [-0.39, 0.29) is 19.9 Å². The van der Waals surface area contributed by atoms with E-state index in [9.17, 15) is 9.59 Å². The molecule has 23 heavy (non-hydrogen) atoms. The summed E-state index contributed by atoms with van der Waals surface area (Å²) in [5.74, 6) is 1.14. The molecule has 0 spiro atoms. The van der Waals surface area contributed by atoms with Crippen LogP contribution in [-0.4, -0.2) is 42.5 Å². The third-order valence-corrected chi connectivity index (χ3v) is 2.84. The van der Waals surface area contributed by atoms with Crippen LogP contribution < -0.4 is 20.5 Å². The number of rotatable bonds is 3. The number of hydrogen-bond acceptors (Lipinski definition) is 6. The van der Waals surface area contributed by atoms with E-state index >= 15 is 0 Å². The monoisotopic (exact) mass is 323 g/mol. The van der Waals surface area contributed by atoms with E-state index in [1.54, 1.807) is 39.0 Å². The number of hydrogen-bond donors (Lipinski definition) is 2. The van der Waals surface area contributed by atoms with E-state index in [1.165, 1.54) is 0 Å². The molecular formula is C15H21N3O5. The van der Waals surface area contributed by atoms with Crippen molar-refractivity contribution in [3.8, 4) is 11.5 Å². The highest BCUT2D eigenvalue weighted by atomic mass is 16.7. The summed E-state index contributed by atoms with van der Waals surface area (Å²) in [5.41, 5.74) is 5.24. The van der Waals surface area contributed by atoms with Crippen LogP contribution in [0.25, 0.3) is 0 Å². The molecule has 2 rings (SSSR count). The predicted octanol–water partition coefficient (Wildman–Crippen LogP) is 2.14. The number of nitrogens with zero attached hydrogens (tertiary/aromatic N) is 1. The Kier molecular flexibility index (Phi) is 4.95. The molecular weight excluding hydrogens is 302 g/mol. The number of carbonyl (C=O) groups excluding carboxylic acids is 2. The third-order valence-electron chi connectivity index (χ3n) is 2.84. The van der Waals surface area contributed by atoms with Crippen molar-refractivity contribution in [2.45, 2.75) is 26.4 Å². The molecule has 1 aromatic carbocycles. The first-order valence-electron chi connectivity index (χ1n) is 7.21. The van der Waals surface area contributed by atoms with Crippen LogP contribution in [0.5, 0.6) is 11.5 Å². The molecule has 0 aromatic heterocycles. The summed E-state index contributed by atoms with van der Waals surface area (Å²) in [6, 6.07) is 4.33. The van der Waals surface area contributed by atoms with Gasteiger partial charge in [0, 0.05) is 24.8 Å². The quantitative estimate of drug-likeness (QED) is 0.883. The topological polar surface area (TPSA) is 103 Å². The van der Waals surface area contributed by atoms with E-state index in [0.29, 0.717) is 17.2 Å². The van der Waals surface area contributed by atoms with Crippen LogP contribution in [0.1, 0.15) is 20.8 Å². The van der Waals surface area contributed by atoms with Gasteiger partial charge in [0.2, 0.25) is 6.79 Å². The fraction of sp³-hybridized carbons (Fsp3) is 0.467. The number of anilines is 1. The van der Waals surface area contributed by atoms with Crippen molar-refractivity contribution in [3.05, 3.63) is 18.2 Å². The van der Waals surface area contributed by atoms with Crippen molar-refractivity contribution < 1.29 is 23.8 Å². The average molecular weight is 323 g/mol. The Morgan fingerprint density at radius 1 is 1.30 bits per heavy atom. The van der Waals surface area contributed by atoms with Crippen LogP contribution in [0.4, 0.5) is 15.3 Å². The fourth-order valence-electron chi connectivity index (χ4n) is 1.89. The molecule has 1 aliphatic rings. The van der Waals surface area contributed by atoms with Gasteiger partial charge in [0.15, 0.2) is 11.5 Å². The van der Waals surface area contributed by atoms with E-state index in [0.717, 1.165) is 4.90 Å². The van der Waals surface area contributed by atoms with Gasteiger partial charge in [0.05, 0.1) is 0 Å². The molecule has 8 heteroatoms. The highest BCUT2D eigenvalue weighted by molar-refractivity contribution is 5.99. The van der Waals surface area contributed by atoms with Gasteiger partial charge in [-0.1, -0.05) is 0 Å². The van der Waals surface area contributed by atoms with Gasteiger partial charge < -0.3 is 25.3 Å². The van der Waals surface area contributed by atoms with Crippen LogP contribution in [0, 0.1) is 0 Å². The molecule has 0 aliphatic carbocycles. The van der Waals surface area contributed by atoms with Gasteiger partial charge in [0.1, 0.15) is 5.60 Å². The average Bonchev–Trinajstić information content (AvgIpc) is 2.90. The number of fused-ring (bicyclic) bond motifs is 1. The van der Waals surface area contributed by atoms with Crippen LogP contribution in [0.2, 0.25) is 0 Å². The second-order valence-electron chi connectivity index (χ2n) is 5.92. The first-order chi connectivity index (χ1) is 10.8. The minimum absolute atomic E-state index is 0.0469. The number of benzene rings is 1. The number of ether oxygens (including phenoxy) is 3. The molecule has 3 amide bonds. The number of carbonyl (C=O) groups is 2. The summed E-state index contributed by atoms with van der Waals surface area (Å²) >= 11 is 0. The Morgan fingerprint density at radius 2 is 2.00 bits per heavy atom. The molecule has 126 valence electrons. The molecule has 0 fully saturated rings. The maximum Gasteiger partial charge on any atom is 0.418 e. The highest BCUT2D eigenvalue weighted by Crippen LogP contribution is 2.34. The zero-order chi connectivity index (χ0) is 17.0. The highest BCUT2D eigenvalue weighted by Gasteiger charge is 2.27. The molecule has 0 radical (unpaired) electrons. The molecule has 3 N–H and O–H groups in total. The molecule has 1 aliphatic heterocycles. The van der Waals surface area contributed by atoms with Gasteiger partial charge in [-0.2, -0.15) is 0 Å². The van der Waals surface area contributed by atoms with E-state index in [4.69, 9.17) is 19.9 Å². The van der Waals surface area contributed by atoms with Crippen molar-refractivity contribution in [2.24, 2.45) is 5.73 Å². The van der Waals surface area contributed by atoms with Crippen LogP contribution in [-0.2, 0) is 4.74 Å². The Balaban J connectivity index is 2.07. The summed E-state index contributed by atoms with van der Waals surface area (Å²) in [4.78, 5) is 25.4. The maximum atomic E-state index is 12.3. The standard InChI is InChI=1S/C15H21N3O5/c1-15(2,3)23-14(20)18(7-6-16)13(19)17-10-4-5-11-12(8-10)22-9-21-11/h4-5,8H,6-7,9,16H2,1-3H3,(H,17,19). The van der Waals surface area contributed by atoms with Crippen LogP contribution >= 0.6 is 0 Å². The molecule has 0 unspecified atom stereocenters. The van der Waals surface area contributed by atoms with Gasteiger partial charge in [-0.15, -0.1) is 0 Å². The van der Waals surface area contributed by atoms with Gasteiger partial charge >= 0.3 is 12.1 Å². The summed E-state index contributed by atoms with van der Waals surface area (Å²) in [7, 11) is 0. The Hall–Kier alpha value is -2.48. The summed E-state index contributed by atoms with van der Waals surface area (Å²) in [6.45, 7) is 5.49. The largest absolute Gasteiger partial charge is 0.454 e. The molecule has 1 aromatic rings. The Labute approximate surface area is 134 Å². The summed E-state index contributed by atoms with van der Waals surface area (Å²) < 4.78 is 15.7. The van der Waals surface area contributed by atoms with Crippen LogP contribution in [0.15, 0.2) is 18.2 Å². The maximum absolute atomic E-state index is 12.3. The lowest BCUT2D eigenvalue weighted by molar-refractivity contribution is 0.0337. The van der Waals surface area contributed by atoms with Crippen molar-refractivity contribution in [3.63, 3.8) is 0 Å². The van der Waals surface area contributed by atoms with Crippen LogP contribution in [0.3, 0.4) is 0 Å². The van der Waals surface area contributed by atoms with Gasteiger partial charge in [0.25, 0.3) is 0 Å². The van der Waals surface area contributed by atoms with E-state index in [2.05, 4.69) is 5.32 Å². The third kappa shape index (κ3) is 4.49. The van der Waals surface area contributed by atoms with Gasteiger partial charge in [-0.05, 0) is 32.9 Å². The first-order valence-corrected chi connectivity index (χ1v) is 7.21. The van der Waals surface area contributed by atoms with Gasteiger partial charge in [-0.3, -0.25) is 0 Å². The van der Waals surface area contributed by atoms with Crippen molar-refractivity contribution in [1.29, 1.82) is 0 Å². The fourth-order valence-corrected chi connectivity index (χ4v) is 1.89. The summed E-state index contributed by atoms with van der Waals surface area (Å²) in [6.07, 6.45) is -0.749. The second kappa shape index (κ2) is 6.74. The SMILES string of the molecule is CC(C)(C)OC(=O)N(CCN)C(=O)Nc1ccc2c(c1)OCO2. The lowest BCUT2D eigenvalue weighted by atomic mass is 10.2. The molecule has 0 saturated carbocycles. The van der Waals surface area contributed by atoms with E-state index in [1.807, 2.05) is 0 Å². The lowest BCUT2D eigenvalue weighted by Crippen LogP contribution is -2.45. The number of nitrogens with two attached hydrogens (primary N) is 1. The molecule has 0 saturated heterocycles. The zero-order valence-electron chi connectivity index (χ0n) is 13.4. The van der Waals surface area contributed by atoms with Gasteiger partial charge in [-0.25, -0.2) is 14.5 Å². The molecule has 0 atom stereocenters. The first kappa shape index (κ1) is 16.9.